The lowest BCUT2D eigenvalue weighted by molar-refractivity contribution is 0.00572. The van der Waals surface area contributed by atoms with E-state index in [4.69, 9.17) is 10.5 Å². The molecule has 0 saturated heterocycles. The molecule has 2 nitrogen and oxygen atoms in total. The summed E-state index contributed by atoms with van der Waals surface area (Å²) < 4.78 is 31.4. The number of ether oxygens (including phenoxy) is 1. The van der Waals surface area contributed by atoms with Crippen LogP contribution in [0.4, 0.5) is 8.78 Å². The summed E-state index contributed by atoms with van der Waals surface area (Å²) in [6.07, 6.45) is 0. The second-order valence-electron chi connectivity index (χ2n) is 2.87. The molecule has 0 aromatic heterocycles. The molecule has 0 amide bonds. The Bertz CT molecular complexity index is 302. The van der Waals surface area contributed by atoms with Gasteiger partial charge < -0.3 is 10.5 Å². The molecule has 1 aromatic rings. The molecule has 78 valence electrons. The molecule has 0 heterocycles. The van der Waals surface area contributed by atoms with Crippen molar-refractivity contribution in [2.75, 3.05) is 13.2 Å². The highest BCUT2D eigenvalue weighted by molar-refractivity contribution is 5.31. The Morgan fingerprint density at radius 3 is 2.71 bits per heavy atom. The van der Waals surface area contributed by atoms with Crippen LogP contribution in [0.2, 0.25) is 0 Å². The van der Waals surface area contributed by atoms with Gasteiger partial charge in [0.25, 0.3) is 5.92 Å². The molecule has 4 heteroatoms. The Morgan fingerprint density at radius 1 is 1.43 bits per heavy atom. The van der Waals surface area contributed by atoms with Gasteiger partial charge in [-0.05, 0) is 19.1 Å². The quantitative estimate of drug-likeness (QED) is 0.809. The minimum absolute atomic E-state index is 0.106. The molecule has 0 saturated carbocycles. The number of halogens is 2. The first kappa shape index (κ1) is 10.9. The maximum Gasteiger partial charge on any atom is 0.285 e. The second-order valence-corrected chi connectivity index (χ2v) is 2.87. The third kappa shape index (κ3) is 2.42. The largest absolute Gasteiger partial charge is 0.494 e. The molecule has 1 rings (SSSR count). The van der Waals surface area contributed by atoms with E-state index in [9.17, 15) is 8.78 Å². The highest BCUT2D eigenvalue weighted by Crippen LogP contribution is 2.28. The van der Waals surface area contributed by atoms with Gasteiger partial charge in [-0.1, -0.05) is 12.1 Å². The third-order valence-electron chi connectivity index (χ3n) is 1.82. The van der Waals surface area contributed by atoms with Gasteiger partial charge >= 0.3 is 0 Å². The molecule has 1 aromatic carbocycles. The van der Waals surface area contributed by atoms with Gasteiger partial charge in [0, 0.05) is 5.56 Å². The minimum Gasteiger partial charge on any atom is -0.494 e. The fourth-order valence-corrected chi connectivity index (χ4v) is 1.10. The standard InChI is InChI=1S/C10H13F2NO/c1-2-14-9-5-3-4-8(6-9)10(11,12)7-13/h3-6H,2,7,13H2,1H3. The van der Waals surface area contributed by atoms with Crippen molar-refractivity contribution in [3.8, 4) is 5.75 Å². The predicted octanol–water partition coefficient (Wildman–Crippen LogP) is 2.14. The van der Waals surface area contributed by atoms with Crippen LogP contribution in [0.3, 0.4) is 0 Å². The number of alkyl halides is 2. The number of rotatable bonds is 4. The first-order valence-corrected chi connectivity index (χ1v) is 4.41. The Labute approximate surface area is 81.7 Å². The summed E-state index contributed by atoms with van der Waals surface area (Å²) in [7, 11) is 0. The van der Waals surface area contributed by atoms with Crippen molar-refractivity contribution in [2.24, 2.45) is 5.73 Å². The van der Waals surface area contributed by atoms with Crippen molar-refractivity contribution < 1.29 is 13.5 Å². The number of hydrogen-bond acceptors (Lipinski definition) is 2. The molecule has 0 aliphatic carbocycles. The van der Waals surface area contributed by atoms with E-state index in [0.29, 0.717) is 12.4 Å². The molecule has 0 radical (unpaired) electrons. The minimum atomic E-state index is -2.98. The van der Waals surface area contributed by atoms with Gasteiger partial charge in [-0.25, -0.2) is 0 Å². The van der Waals surface area contributed by atoms with E-state index in [0.717, 1.165) is 0 Å². The van der Waals surface area contributed by atoms with Gasteiger partial charge in [-0.2, -0.15) is 8.78 Å². The number of benzene rings is 1. The first-order valence-electron chi connectivity index (χ1n) is 4.41. The molecular formula is C10H13F2NO. The van der Waals surface area contributed by atoms with Gasteiger partial charge in [-0.15, -0.1) is 0 Å². The van der Waals surface area contributed by atoms with Gasteiger partial charge in [0.05, 0.1) is 13.2 Å². The summed E-state index contributed by atoms with van der Waals surface area (Å²) in [5.74, 6) is -2.54. The van der Waals surface area contributed by atoms with Crippen molar-refractivity contribution in [1.82, 2.24) is 0 Å². The molecule has 0 aliphatic rings. The average Bonchev–Trinajstić information content (AvgIpc) is 2.19. The van der Waals surface area contributed by atoms with Crippen LogP contribution in [0.15, 0.2) is 24.3 Å². The third-order valence-corrected chi connectivity index (χ3v) is 1.82. The lowest BCUT2D eigenvalue weighted by Crippen LogP contribution is -2.24. The fraction of sp³-hybridized carbons (Fsp3) is 0.400. The van der Waals surface area contributed by atoms with Crippen molar-refractivity contribution in [3.63, 3.8) is 0 Å². The molecule has 2 N–H and O–H groups in total. The van der Waals surface area contributed by atoms with Gasteiger partial charge in [0.1, 0.15) is 5.75 Å². The van der Waals surface area contributed by atoms with Crippen LogP contribution < -0.4 is 10.5 Å². The summed E-state index contributed by atoms with van der Waals surface area (Å²) >= 11 is 0. The van der Waals surface area contributed by atoms with Crippen molar-refractivity contribution >= 4 is 0 Å². The van der Waals surface area contributed by atoms with Crippen LogP contribution >= 0.6 is 0 Å². The highest BCUT2D eigenvalue weighted by Gasteiger charge is 2.29. The summed E-state index contributed by atoms with van der Waals surface area (Å²) in [5.41, 5.74) is 4.87. The summed E-state index contributed by atoms with van der Waals surface area (Å²) in [5, 5.41) is 0. The molecule has 0 atom stereocenters. The average molecular weight is 201 g/mol. The highest BCUT2D eigenvalue weighted by atomic mass is 19.3. The van der Waals surface area contributed by atoms with Crippen LogP contribution in [0.25, 0.3) is 0 Å². The van der Waals surface area contributed by atoms with E-state index < -0.39 is 12.5 Å². The summed E-state index contributed by atoms with van der Waals surface area (Å²) in [6.45, 7) is 1.56. The first-order chi connectivity index (χ1) is 6.60. The van der Waals surface area contributed by atoms with Crippen molar-refractivity contribution in [2.45, 2.75) is 12.8 Å². The molecule has 0 bridgehead atoms. The number of nitrogens with two attached hydrogens (primary N) is 1. The predicted molar refractivity (Wildman–Crippen MR) is 50.6 cm³/mol. The lowest BCUT2D eigenvalue weighted by atomic mass is 10.1. The summed E-state index contributed by atoms with van der Waals surface area (Å²) in [6, 6.07) is 5.83. The SMILES string of the molecule is CCOc1cccc(C(F)(F)CN)c1. The van der Waals surface area contributed by atoms with Gasteiger partial charge in [0.2, 0.25) is 0 Å². The molecule has 0 spiro atoms. The zero-order valence-corrected chi connectivity index (χ0v) is 7.97. The van der Waals surface area contributed by atoms with E-state index in [-0.39, 0.29) is 5.56 Å². The monoisotopic (exact) mass is 201 g/mol. The fourth-order valence-electron chi connectivity index (χ4n) is 1.10. The van der Waals surface area contributed by atoms with E-state index in [2.05, 4.69) is 0 Å². The second kappa shape index (κ2) is 4.37. The molecule has 0 fully saturated rings. The van der Waals surface area contributed by atoms with Crippen LogP contribution in [0.5, 0.6) is 5.75 Å². The summed E-state index contributed by atoms with van der Waals surface area (Å²) in [4.78, 5) is 0. The zero-order valence-electron chi connectivity index (χ0n) is 7.97. The molecule has 14 heavy (non-hydrogen) atoms. The molecule has 0 unspecified atom stereocenters. The van der Waals surface area contributed by atoms with Crippen LogP contribution in [0, 0.1) is 0 Å². The van der Waals surface area contributed by atoms with E-state index >= 15 is 0 Å². The van der Waals surface area contributed by atoms with E-state index in [1.807, 2.05) is 0 Å². The van der Waals surface area contributed by atoms with Crippen LogP contribution in [-0.2, 0) is 5.92 Å². The van der Waals surface area contributed by atoms with Crippen molar-refractivity contribution in [1.29, 1.82) is 0 Å². The van der Waals surface area contributed by atoms with Crippen LogP contribution in [0.1, 0.15) is 12.5 Å². The maximum absolute atomic E-state index is 13.1. The van der Waals surface area contributed by atoms with Crippen molar-refractivity contribution in [3.05, 3.63) is 29.8 Å². The topological polar surface area (TPSA) is 35.2 Å². The lowest BCUT2D eigenvalue weighted by Gasteiger charge is -2.14. The molecule has 0 aliphatic heterocycles. The Balaban J connectivity index is 2.93. The zero-order chi connectivity index (χ0) is 10.6. The Morgan fingerprint density at radius 2 is 2.14 bits per heavy atom. The maximum atomic E-state index is 13.1. The smallest absolute Gasteiger partial charge is 0.285 e. The van der Waals surface area contributed by atoms with E-state index in [1.54, 1.807) is 13.0 Å². The molecular weight excluding hydrogens is 188 g/mol. The van der Waals surface area contributed by atoms with Gasteiger partial charge in [0.15, 0.2) is 0 Å². The van der Waals surface area contributed by atoms with Crippen LogP contribution in [-0.4, -0.2) is 13.2 Å². The Kier molecular flexibility index (Phi) is 3.41. The normalized spacial score (nSPS) is 11.4. The van der Waals surface area contributed by atoms with Gasteiger partial charge in [-0.3, -0.25) is 0 Å². The Hall–Kier alpha value is -1.16. The van der Waals surface area contributed by atoms with E-state index in [1.165, 1.54) is 18.2 Å². The number of hydrogen-bond donors (Lipinski definition) is 1.